The molecule has 0 aliphatic carbocycles. The van der Waals surface area contributed by atoms with Gasteiger partial charge >= 0.3 is 0 Å². The summed E-state index contributed by atoms with van der Waals surface area (Å²) in [7, 11) is 3.86. The Kier molecular flexibility index (Phi) is 4.62. The molecule has 0 atom stereocenters. The quantitative estimate of drug-likeness (QED) is 0.686. The average Bonchev–Trinajstić information content (AvgIpc) is 2.65. The minimum Gasteiger partial charge on any atom is -0.483 e. The Morgan fingerprint density at radius 2 is 2.10 bits per heavy atom. The van der Waals surface area contributed by atoms with E-state index in [4.69, 9.17) is 9.15 Å². The van der Waals surface area contributed by atoms with Gasteiger partial charge in [-0.05, 0) is 46.2 Å². The Morgan fingerprint density at radius 3 is 2.86 bits per heavy atom. The molecule has 1 aromatic carbocycles. The summed E-state index contributed by atoms with van der Waals surface area (Å²) in [5.74, 6) is 0.165. The van der Waals surface area contributed by atoms with Gasteiger partial charge in [-0.25, -0.2) is 4.98 Å². The topological polar surface area (TPSA) is 84.7 Å². The number of nitrogens with one attached hydrogen (secondary N) is 1. The first-order chi connectivity index (χ1) is 13.8. The Bertz CT molecular complexity index is 1210. The standard InChI is InChI=1S/C22H23N3O4/c1-22(2)8-7-13-15(29-22)12-16-18(17(13)20(27)23-10-11-25(3)4)19(26)14-6-5-9-24-21(14)28-16/h5-9,12H,10-11H2,1-4H3,(H,23,27). The van der Waals surface area contributed by atoms with E-state index in [0.29, 0.717) is 29.8 Å². The smallest absolute Gasteiger partial charge is 0.252 e. The van der Waals surface area contributed by atoms with E-state index >= 15 is 0 Å². The van der Waals surface area contributed by atoms with E-state index in [1.165, 1.54) is 0 Å². The van der Waals surface area contributed by atoms with Crippen LogP contribution in [-0.4, -0.2) is 48.6 Å². The van der Waals surface area contributed by atoms with Crippen molar-refractivity contribution in [3.63, 3.8) is 0 Å². The zero-order chi connectivity index (χ0) is 20.8. The molecular formula is C22H23N3O4. The van der Waals surface area contributed by atoms with Gasteiger partial charge in [0.05, 0.1) is 16.3 Å². The average molecular weight is 393 g/mol. The Morgan fingerprint density at radius 1 is 1.31 bits per heavy atom. The molecule has 0 fully saturated rings. The second-order valence-corrected chi connectivity index (χ2v) is 7.92. The molecule has 1 amide bonds. The number of likely N-dealkylation sites (N-methyl/N-ethyl adjacent to an activating group) is 1. The van der Waals surface area contributed by atoms with Crippen molar-refractivity contribution in [2.24, 2.45) is 0 Å². The van der Waals surface area contributed by atoms with Crippen LogP contribution in [0.25, 0.3) is 28.1 Å². The number of rotatable bonds is 4. The molecule has 3 heterocycles. The van der Waals surface area contributed by atoms with Crippen LogP contribution < -0.4 is 15.5 Å². The monoisotopic (exact) mass is 393 g/mol. The van der Waals surface area contributed by atoms with Crippen molar-refractivity contribution < 1.29 is 13.9 Å². The van der Waals surface area contributed by atoms with Crippen LogP contribution >= 0.6 is 0 Å². The lowest BCUT2D eigenvalue weighted by Gasteiger charge is -2.29. The van der Waals surface area contributed by atoms with E-state index < -0.39 is 5.60 Å². The van der Waals surface area contributed by atoms with Gasteiger partial charge in [-0.2, -0.15) is 0 Å². The first-order valence-electron chi connectivity index (χ1n) is 9.46. The minimum atomic E-state index is -0.533. The Hall–Kier alpha value is -3.19. The van der Waals surface area contributed by atoms with Crippen LogP contribution in [0.5, 0.6) is 5.75 Å². The maximum atomic E-state index is 13.3. The van der Waals surface area contributed by atoms with E-state index in [9.17, 15) is 9.59 Å². The van der Waals surface area contributed by atoms with E-state index in [1.54, 1.807) is 24.4 Å². The van der Waals surface area contributed by atoms with E-state index in [1.807, 2.05) is 45.0 Å². The first kappa shape index (κ1) is 19.1. The summed E-state index contributed by atoms with van der Waals surface area (Å²) >= 11 is 0. The molecule has 7 nitrogen and oxygen atoms in total. The molecule has 0 saturated heterocycles. The van der Waals surface area contributed by atoms with Gasteiger partial charge in [-0.1, -0.05) is 6.08 Å². The van der Waals surface area contributed by atoms with Crippen molar-refractivity contribution >= 4 is 34.1 Å². The molecule has 1 N–H and O–H groups in total. The van der Waals surface area contributed by atoms with Crippen molar-refractivity contribution in [2.75, 3.05) is 27.2 Å². The van der Waals surface area contributed by atoms with Crippen molar-refractivity contribution in [1.82, 2.24) is 15.2 Å². The number of pyridine rings is 1. The highest BCUT2D eigenvalue weighted by molar-refractivity contribution is 6.11. The van der Waals surface area contributed by atoms with Crippen LogP contribution in [0.1, 0.15) is 29.8 Å². The number of carbonyl (C=O) groups is 1. The summed E-state index contributed by atoms with van der Waals surface area (Å²) in [4.78, 5) is 32.5. The maximum Gasteiger partial charge on any atom is 0.252 e. The van der Waals surface area contributed by atoms with E-state index in [2.05, 4.69) is 10.3 Å². The SMILES string of the molecule is CN(C)CCNC(=O)c1c2c(cc3oc4ncccc4c(=O)c13)OC(C)(C)C=C2. The van der Waals surface area contributed by atoms with Crippen LogP contribution in [0, 0.1) is 0 Å². The number of benzene rings is 1. The van der Waals surface area contributed by atoms with Gasteiger partial charge in [0, 0.05) is 30.9 Å². The molecule has 0 unspecified atom stereocenters. The molecule has 0 radical (unpaired) electrons. The van der Waals surface area contributed by atoms with Crippen LogP contribution in [0.15, 0.2) is 39.7 Å². The molecule has 0 spiro atoms. The number of aromatic nitrogens is 1. The summed E-state index contributed by atoms with van der Waals surface area (Å²) in [6.07, 6.45) is 5.28. The molecule has 1 aliphatic heterocycles. The van der Waals surface area contributed by atoms with E-state index in [-0.39, 0.29) is 33.6 Å². The number of hydrogen-bond acceptors (Lipinski definition) is 6. The number of ether oxygens (including phenoxy) is 1. The second-order valence-electron chi connectivity index (χ2n) is 7.92. The van der Waals surface area contributed by atoms with E-state index in [0.717, 1.165) is 0 Å². The molecular weight excluding hydrogens is 370 g/mol. The fraction of sp³-hybridized carbons (Fsp3) is 0.318. The molecule has 2 aromatic heterocycles. The minimum absolute atomic E-state index is 0.231. The second kappa shape index (κ2) is 7.00. The molecule has 4 rings (SSSR count). The first-order valence-corrected chi connectivity index (χ1v) is 9.46. The van der Waals surface area contributed by atoms with Gasteiger partial charge < -0.3 is 19.4 Å². The van der Waals surface area contributed by atoms with Gasteiger partial charge in [0.25, 0.3) is 5.91 Å². The molecule has 3 aromatic rings. The van der Waals surface area contributed by atoms with Gasteiger partial charge in [0.15, 0.2) is 0 Å². The predicted molar refractivity (Wildman–Crippen MR) is 112 cm³/mol. The lowest BCUT2D eigenvalue weighted by atomic mass is 9.94. The zero-order valence-electron chi connectivity index (χ0n) is 16.9. The summed E-state index contributed by atoms with van der Waals surface area (Å²) in [6, 6.07) is 4.99. The van der Waals surface area contributed by atoms with Crippen LogP contribution in [-0.2, 0) is 0 Å². The zero-order valence-corrected chi connectivity index (χ0v) is 16.9. The number of amides is 1. The van der Waals surface area contributed by atoms with Crippen LogP contribution in [0.4, 0.5) is 0 Å². The summed E-state index contributed by atoms with van der Waals surface area (Å²) in [5, 5.41) is 3.47. The third kappa shape index (κ3) is 3.49. The third-order valence-electron chi connectivity index (χ3n) is 4.84. The van der Waals surface area contributed by atoms with Gasteiger partial charge in [0.2, 0.25) is 11.1 Å². The van der Waals surface area contributed by atoms with Gasteiger partial charge in [-0.15, -0.1) is 0 Å². The summed E-state index contributed by atoms with van der Waals surface area (Å²) in [6.45, 7) is 4.98. The lowest BCUT2D eigenvalue weighted by Crippen LogP contribution is -2.33. The van der Waals surface area contributed by atoms with Crippen molar-refractivity contribution in [3.8, 4) is 5.75 Å². The van der Waals surface area contributed by atoms with Gasteiger partial charge in [0.1, 0.15) is 16.9 Å². The molecule has 7 heteroatoms. The number of carbonyl (C=O) groups excluding carboxylic acids is 1. The largest absolute Gasteiger partial charge is 0.483 e. The van der Waals surface area contributed by atoms with Gasteiger partial charge in [-0.3, -0.25) is 9.59 Å². The molecule has 1 aliphatic rings. The predicted octanol–water partition coefficient (Wildman–Crippen LogP) is 2.82. The lowest BCUT2D eigenvalue weighted by molar-refractivity contribution is 0.0950. The molecule has 150 valence electrons. The number of fused-ring (bicyclic) bond motifs is 3. The normalized spacial score (nSPS) is 14.8. The fourth-order valence-electron chi connectivity index (χ4n) is 3.41. The highest BCUT2D eigenvalue weighted by Crippen LogP contribution is 2.37. The van der Waals surface area contributed by atoms with Crippen LogP contribution in [0.2, 0.25) is 0 Å². The number of hydrogen-bond donors (Lipinski definition) is 1. The summed E-state index contributed by atoms with van der Waals surface area (Å²) < 4.78 is 11.9. The molecule has 0 saturated carbocycles. The number of nitrogens with zero attached hydrogens (tertiary/aromatic N) is 2. The Balaban J connectivity index is 1.98. The van der Waals surface area contributed by atoms with Crippen molar-refractivity contribution in [3.05, 3.63) is 51.8 Å². The molecule has 29 heavy (non-hydrogen) atoms. The highest BCUT2D eigenvalue weighted by atomic mass is 16.5. The highest BCUT2D eigenvalue weighted by Gasteiger charge is 2.29. The molecule has 0 bridgehead atoms. The van der Waals surface area contributed by atoms with Crippen molar-refractivity contribution in [1.29, 1.82) is 0 Å². The van der Waals surface area contributed by atoms with Crippen molar-refractivity contribution in [2.45, 2.75) is 19.4 Å². The Labute approximate surface area is 168 Å². The fourth-order valence-corrected chi connectivity index (χ4v) is 3.41. The van der Waals surface area contributed by atoms with Crippen LogP contribution in [0.3, 0.4) is 0 Å². The summed E-state index contributed by atoms with van der Waals surface area (Å²) in [5.41, 5.74) is 0.540. The maximum absolute atomic E-state index is 13.3. The third-order valence-corrected chi connectivity index (χ3v) is 4.84.